The Kier molecular flexibility index (Phi) is 6.51. The number of hydrogen-bond acceptors (Lipinski definition) is 2. The molecule has 20 heavy (non-hydrogen) atoms. The fourth-order valence-corrected chi connectivity index (χ4v) is 2.18. The Labute approximate surface area is 127 Å². The van der Waals surface area contributed by atoms with Gasteiger partial charge in [-0.05, 0) is 24.1 Å². The van der Waals surface area contributed by atoms with Gasteiger partial charge in [-0.2, -0.15) is 0 Å². The highest BCUT2D eigenvalue weighted by Gasteiger charge is 2.17. The zero-order chi connectivity index (χ0) is 15.1. The summed E-state index contributed by atoms with van der Waals surface area (Å²) in [5, 5.41) is 11.6. The fourth-order valence-electron chi connectivity index (χ4n) is 1.73. The normalized spacial score (nSPS) is 11.8. The van der Waals surface area contributed by atoms with Crippen molar-refractivity contribution in [1.29, 1.82) is 0 Å². The van der Waals surface area contributed by atoms with Crippen molar-refractivity contribution in [2.45, 2.75) is 19.9 Å². The molecule has 0 bridgehead atoms. The van der Waals surface area contributed by atoms with Crippen LogP contribution in [-0.2, 0) is 11.3 Å². The summed E-state index contributed by atoms with van der Waals surface area (Å²) in [6.07, 6.45) is 0.491. The van der Waals surface area contributed by atoms with E-state index in [-0.39, 0.29) is 12.6 Å². The van der Waals surface area contributed by atoms with Gasteiger partial charge in [0, 0.05) is 24.6 Å². The van der Waals surface area contributed by atoms with E-state index in [1.165, 1.54) is 4.90 Å². The zero-order valence-electron chi connectivity index (χ0n) is 11.6. The van der Waals surface area contributed by atoms with E-state index in [0.29, 0.717) is 13.0 Å². The van der Waals surface area contributed by atoms with E-state index in [9.17, 15) is 9.59 Å². The fraction of sp³-hybridized carbons (Fsp3) is 0.429. The third-order valence-electron chi connectivity index (χ3n) is 3.00. The molecule has 0 aliphatic carbocycles. The average Bonchev–Trinajstić information content (AvgIpc) is 2.38. The highest BCUT2D eigenvalue weighted by molar-refractivity contribution is 9.10. The molecule has 0 aromatic heterocycles. The van der Waals surface area contributed by atoms with E-state index in [1.54, 1.807) is 14.0 Å². The van der Waals surface area contributed by atoms with Crippen LogP contribution in [0.3, 0.4) is 0 Å². The van der Waals surface area contributed by atoms with E-state index >= 15 is 0 Å². The summed E-state index contributed by atoms with van der Waals surface area (Å²) in [6.45, 7) is 2.40. The number of urea groups is 1. The molecular formula is C14H19BrN2O3. The predicted octanol–water partition coefficient (Wildman–Crippen LogP) is 2.70. The summed E-state index contributed by atoms with van der Waals surface area (Å²) in [5.41, 5.74) is 1.00. The van der Waals surface area contributed by atoms with Crippen LogP contribution in [0.15, 0.2) is 28.7 Å². The molecule has 110 valence electrons. The Hall–Kier alpha value is -1.56. The van der Waals surface area contributed by atoms with E-state index in [1.807, 2.05) is 24.3 Å². The van der Waals surface area contributed by atoms with Gasteiger partial charge in [-0.25, -0.2) is 4.79 Å². The third-order valence-corrected chi connectivity index (χ3v) is 3.49. The lowest BCUT2D eigenvalue weighted by molar-refractivity contribution is -0.141. The van der Waals surface area contributed by atoms with Crippen LogP contribution in [0.5, 0.6) is 0 Å². The number of amides is 2. The molecule has 0 radical (unpaired) electrons. The maximum atomic E-state index is 11.9. The van der Waals surface area contributed by atoms with Crippen molar-refractivity contribution in [3.63, 3.8) is 0 Å². The van der Waals surface area contributed by atoms with Crippen LogP contribution in [0, 0.1) is 5.92 Å². The van der Waals surface area contributed by atoms with Gasteiger partial charge in [0.1, 0.15) is 0 Å². The van der Waals surface area contributed by atoms with Crippen LogP contribution >= 0.6 is 15.9 Å². The number of aliphatic carboxylic acids is 1. The number of carbonyl (C=O) groups is 2. The molecule has 0 aliphatic rings. The lowest BCUT2D eigenvalue weighted by Crippen LogP contribution is -2.40. The Balaban J connectivity index is 2.49. The van der Waals surface area contributed by atoms with Gasteiger partial charge in [0.15, 0.2) is 0 Å². The molecule has 0 saturated carbocycles. The highest BCUT2D eigenvalue weighted by Crippen LogP contribution is 2.13. The molecule has 0 aliphatic heterocycles. The Morgan fingerprint density at radius 3 is 2.70 bits per heavy atom. The highest BCUT2D eigenvalue weighted by atomic mass is 79.9. The molecule has 0 spiro atoms. The van der Waals surface area contributed by atoms with Crippen LogP contribution in [0.25, 0.3) is 0 Å². The number of carboxylic acid groups (broad SMARTS) is 1. The van der Waals surface area contributed by atoms with Crippen LogP contribution in [0.4, 0.5) is 4.79 Å². The predicted molar refractivity (Wildman–Crippen MR) is 80.4 cm³/mol. The smallest absolute Gasteiger partial charge is 0.317 e. The molecule has 1 aromatic carbocycles. The van der Waals surface area contributed by atoms with Crippen LogP contribution in [-0.4, -0.2) is 35.6 Å². The maximum Gasteiger partial charge on any atom is 0.317 e. The number of hydrogen-bond donors (Lipinski definition) is 2. The van der Waals surface area contributed by atoms with E-state index in [4.69, 9.17) is 5.11 Å². The summed E-state index contributed by atoms with van der Waals surface area (Å²) in [7, 11) is 1.68. The molecule has 1 atom stereocenters. The number of carbonyl (C=O) groups excluding carboxylic acids is 1. The molecular weight excluding hydrogens is 324 g/mol. The molecule has 0 saturated heterocycles. The number of nitrogens with one attached hydrogen (secondary N) is 1. The first-order valence-corrected chi connectivity index (χ1v) is 7.19. The van der Waals surface area contributed by atoms with Gasteiger partial charge in [0.05, 0.1) is 5.92 Å². The molecule has 2 N–H and O–H groups in total. The maximum absolute atomic E-state index is 11.9. The van der Waals surface area contributed by atoms with Crippen LogP contribution in [0.1, 0.15) is 18.9 Å². The minimum Gasteiger partial charge on any atom is -0.481 e. The van der Waals surface area contributed by atoms with Gasteiger partial charge < -0.3 is 15.3 Å². The largest absolute Gasteiger partial charge is 0.481 e. The van der Waals surface area contributed by atoms with Crippen molar-refractivity contribution >= 4 is 27.9 Å². The number of nitrogens with zero attached hydrogens (tertiary/aromatic N) is 1. The quantitative estimate of drug-likeness (QED) is 0.834. The number of carboxylic acids is 1. The molecule has 5 nitrogen and oxygen atoms in total. The molecule has 0 fully saturated rings. The van der Waals surface area contributed by atoms with Gasteiger partial charge in [-0.1, -0.05) is 35.0 Å². The van der Waals surface area contributed by atoms with Gasteiger partial charge in [-0.15, -0.1) is 0 Å². The molecule has 1 aromatic rings. The lowest BCUT2D eigenvalue weighted by Gasteiger charge is -2.19. The first kappa shape index (κ1) is 16.5. The topological polar surface area (TPSA) is 69.6 Å². The second kappa shape index (κ2) is 7.89. The number of halogens is 1. The minimum atomic E-state index is -0.887. The minimum absolute atomic E-state index is 0.146. The van der Waals surface area contributed by atoms with Crippen molar-refractivity contribution < 1.29 is 14.7 Å². The summed E-state index contributed by atoms with van der Waals surface area (Å²) < 4.78 is 0.959. The van der Waals surface area contributed by atoms with Crippen molar-refractivity contribution in [2.24, 2.45) is 5.92 Å². The lowest BCUT2D eigenvalue weighted by atomic mass is 10.1. The number of benzene rings is 1. The third kappa shape index (κ3) is 5.21. The Morgan fingerprint density at radius 2 is 2.15 bits per heavy atom. The first-order chi connectivity index (χ1) is 9.43. The van der Waals surface area contributed by atoms with Crippen molar-refractivity contribution in [3.8, 4) is 0 Å². The van der Waals surface area contributed by atoms with E-state index < -0.39 is 11.9 Å². The summed E-state index contributed by atoms with van der Waals surface area (Å²) in [4.78, 5) is 24.3. The second-order valence-corrected chi connectivity index (χ2v) is 5.53. The van der Waals surface area contributed by atoms with Gasteiger partial charge >= 0.3 is 12.0 Å². The van der Waals surface area contributed by atoms with Crippen LogP contribution < -0.4 is 5.32 Å². The van der Waals surface area contributed by atoms with Gasteiger partial charge in [0.2, 0.25) is 0 Å². The van der Waals surface area contributed by atoms with Crippen molar-refractivity contribution in [1.82, 2.24) is 10.2 Å². The van der Waals surface area contributed by atoms with Gasteiger partial charge in [0.25, 0.3) is 0 Å². The first-order valence-electron chi connectivity index (χ1n) is 6.40. The Morgan fingerprint density at radius 1 is 1.45 bits per heavy atom. The molecule has 6 heteroatoms. The molecule has 0 heterocycles. The Bertz CT molecular complexity index is 479. The SMILES string of the molecule is CCC(CNC(=O)N(C)Cc1cccc(Br)c1)C(=O)O. The summed E-state index contributed by atoms with van der Waals surface area (Å²) >= 11 is 3.38. The van der Waals surface area contributed by atoms with E-state index in [2.05, 4.69) is 21.2 Å². The molecule has 1 rings (SSSR count). The van der Waals surface area contributed by atoms with Crippen LogP contribution in [0.2, 0.25) is 0 Å². The average molecular weight is 343 g/mol. The van der Waals surface area contributed by atoms with Gasteiger partial charge in [-0.3, -0.25) is 4.79 Å². The standard InChI is InChI=1S/C14H19BrN2O3/c1-3-11(13(18)19)8-16-14(20)17(2)9-10-5-4-6-12(15)7-10/h4-7,11H,3,8-9H2,1-2H3,(H,16,20)(H,18,19). The van der Waals surface area contributed by atoms with Crippen molar-refractivity contribution in [2.75, 3.05) is 13.6 Å². The second-order valence-electron chi connectivity index (χ2n) is 4.62. The summed E-state index contributed by atoms with van der Waals surface area (Å²) in [5.74, 6) is -1.43. The number of rotatable bonds is 6. The monoisotopic (exact) mass is 342 g/mol. The molecule has 2 amide bonds. The van der Waals surface area contributed by atoms with E-state index in [0.717, 1.165) is 10.0 Å². The summed E-state index contributed by atoms with van der Waals surface area (Å²) in [6, 6.07) is 7.42. The molecule has 1 unspecified atom stereocenters. The zero-order valence-corrected chi connectivity index (χ0v) is 13.2. The van der Waals surface area contributed by atoms with Crippen molar-refractivity contribution in [3.05, 3.63) is 34.3 Å².